The number of methoxy groups -OCH3 is 1. The molecular weight excluding hydrogens is 348 g/mol. The van der Waals surface area contributed by atoms with Crippen molar-refractivity contribution >= 4 is 11.6 Å². The number of hydrogen-bond acceptors (Lipinski definition) is 3. The van der Waals surface area contributed by atoms with E-state index in [4.69, 9.17) is 9.84 Å². The first kappa shape index (κ1) is 20.1. The minimum absolute atomic E-state index is 0.123. The summed E-state index contributed by atoms with van der Waals surface area (Å²) in [5.74, 6) is 0.934. The molecule has 1 aliphatic heterocycles. The largest absolute Gasteiger partial charge is 0.497 e. The maximum atomic E-state index is 13.1. The Balaban J connectivity index is 1.75. The lowest BCUT2D eigenvalue weighted by Crippen LogP contribution is -2.45. The summed E-state index contributed by atoms with van der Waals surface area (Å²) in [6, 6.07) is 18.3. The summed E-state index contributed by atoms with van der Waals surface area (Å²) >= 11 is 0. The van der Waals surface area contributed by atoms with Gasteiger partial charge in [-0.05, 0) is 43.4 Å². The van der Waals surface area contributed by atoms with Crippen LogP contribution in [0.4, 0.5) is 0 Å². The second kappa shape index (κ2) is 9.05. The Hall–Kier alpha value is -2.62. The van der Waals surface area contributed by atoms with E-state index in [0.717, 1.165) is 49.1 Å². The minimum atomic E-state index is -0.220. The molecular formula is C24H30N2O2. The molecule has 0 bridgehead atoms. The zero-order chi connectivity index (χ0) is 20.0. The summed E-state index contributed by atoms with van der Waals surface area (Å²) in [7, 11) is 1.67. The van der Waals surface area contributed by atoms with Crippen LogP contribution in [0.1, 0.15) is 57.1 Å². The van der Waals surface area contributed by atoms with E-state index in [1.165, 1.54) is 5.56 Å². The molecule has 2 aromatic carbocycles. The maximum absolute atomic E-state index is 13.1. The van der Waals surface area contributed by atoms with Crippen LogP contribution in [-0.2, 0) is 11.2 Å². The molecule has 0 unspecified atom stereocenters. The van der Waals surface area contributed by atoms with E-state index < -0.39 is 0 Å². The van der Waals surface area contributed by atoms with Crippen molar-refractivity contribution < 1.29 is 9.53 Å². The third-order valence-corrected chi connectivity index (χ3v) is 5.82. The number of amides is 1. The minimum Gasteiger partial charge on any atom is -0.497 e. The van der Waals surface area contributed by atoms with Crippen molar-refractivity contribution in [3.05, 3.63) is 65.7 Å². The van der Waals surface area contributed by atoms with Crippen molar-refractivity contribution in [1.29, 1.82) is 0 Å². The fourth-order valence-corrected chi connectivity index (χ4v) is 3.93. The van der Waals surface area contributed by atoms with Gasteiger partial charge in [-0.15, -0.1) is 0 Å². The maximum Gasteiger partial charge on any atom is 0.243 e. The first-order chi connectivity index (χ1) is 13.6. The lowest BCUT2D eigenvalue weighted by molar-refractivity contribution is -0.137. The van der Waals surface area contributed by atoms with Crippen LogP contribution in [0, 0.1) is 0 Å². The number of nitrogens with zero attached hydrogens (tertiary/aromatic N) is 2. The van der Waals surface area contributed by atoms with E-state index in [1.807, 2.05) is 42.5 Å². The molecule has 2 aromatic rings. The van der Waals surface area contributed by atoms with Crippen molar-refractivity contribution in [2.45, 2.75) is 57.9 Å². The quantitative estimate of drug-likeness (QED) is 0.632. The third kappa shape index (κ3) is 4.27. The van der Waals surface area contributed by atoms with Gasteiger partial charge in [0, 0.05) is 18.4 Å². The highest BCUT2D eigenvalue weighted by Crippen LogP contribution is 2.37. The van der Waals surface area contributed by atoms with E-state index >= 15 is 0 Å². The van der Waals surface area contributed by atoms with Crippen LogP contribution in [0.25, 0.3) is 0 Å². The molecule has 0 spiro atoms. The fraction of sp³-hybridized carbons (Fsp3) is 0.417. The van der Waals surface area contributed by atoms with Crippen LogP contribution in [0.3, 0.4) is 0 Å². The van der Waals surface area contributed by atoms with Crippen LogP contribution in [0.15, 0.2) is 59.7 Å². The Morgan fingerprint density at radius 2 is 1.86 bits per heavy atom. The van der Waals surface area contributed by atoms with Gasteiger partial charge in [-0.2, -0.15) is 5.10 Å². The number of rotatable bonds is 8. The van der Waals surface area contributed by atoms with Gasteiger partial charge in [0.15, 0.2) is 0 Å². The van der Waals surface area contributed by atoms with Gasteiger partial charge in [0.05, 0.1) is 18.4 Å². The Kier molecular flexibility index (Phi) is 6.50. The SMILES string of the molecule is CCC1(CC)CC(c2cccc(OC)c2)=NN1C(=O)CCCc1ccccc1. The molecule has 0 saturated carbocycles. The summed E-state index contributed by atoms with van der Waals surface area (Å²) < 4.78 is 5.35. The first-order valence-corrected chi connectivity index (χ1v) is 10.2. The summed E-state index contributed by atoms with van der Waals surface area (Å²) in [5.41, 5.74) is 3.06. The van der Waals surface area contributed by atoms with Crippen molar-refractivity contribution in [3.8, 4) is 5.75 Å². The van der Waals surface area contributed by atoms with Crippen LogP contribution < -0.4 is 4.74 Å². The number of hydrogen-bond donors (Lipinski definition) is 0. The summed E-state index contributed by atoms with van der Waals surface area (Å²) in [5, 5.41) is 6.58. The average molecular weight is 379 g/mol. The molecule has 0 N–H and O–H groups in total. The number of benzene rings is 2. The Morgan fingerprint density at radius 3 is 2.54 bits per heavy atom. The summed E-state index contributed by atoms with van der Waals surface area (Å²) in [6.45, 7) is 4.30. The highest BCUT2D eigenvalue weighted by molar-refractivity contribution is 6.04. The molecule has 0 aromatic heterocycles. The highest BCUT2D eigenvalue weighted by atomic mass is 16.5. The van der Waals surface area contributed by atoms with Crippen LogP contribution in [0.2, 0.25) is 0 Å². The first-order valence-electron chi connectivity index (χ1n) is 10.2. The normalized spacial score (nSPS) is 15.4. The summed E-state index contributed by atoms with van der Waals surface area (Å²) in [6.07, 6.45) is 4.85. The van der Waals surface area contributed by atoms with Crippen molar-refractivity contribution in [2.24, 2.45) is 5.10 Å². The zero-order valence-electron chi connectivity index (χ0n) is 17.1. The van der Waals surface area contributed by atoms with E-state index in [0.29, 0.717) is 6.42 Å². The van der Waals surface area contributed by atoms with E-state index in [2.05, 4.69) is 26.0 Å². The smallest absolute Gasteiger partial charge is 0.243 e. The van der Waals surface area contributed by atoms with Crippen LogP contribution >= 0.6 is 0 Å². The van der Waals surface area contributed by atoms with Crippen molar-refractivity contribution in [1.82, 2.24) is 5.01 Å². The van der Waals surface area contributed by atoms with Crippen molar-refractivity contribution in [3.63, 3.8) is 0 Å². The van der Waals surface area contributed by atoms with Gasteiger partial charge in [-0.3, -0.25) is 4.79 Å². The van der Waals surface area contributed by atoms with Gasteiger partial charge in [-0.1, -0.05) is 56.3 Å². The average Bonchev–Trinajstić information content (AvgIpc) is 3.15. The van der Waals surface area contributed by atoms with Gasteiger partial charge in [-0.25, -0.2) is 5.01 Å². The van der Waals surface area contributed by atoms with Crippen LogP contribution in [-0.4, -0.2) is 29.3 Å². The molecule has 0 atom stereocenters. The summed E-state index contributed by atoms with van der Waals surface area (Å²) in [4.78, 5) is 13.1. The number of aryl methyl sites for hydroxylation is 1. The molecule has 0 radical (unpaired) electrons. The molecule has 0 aliphatic carbocycles. The molecule has 148 valence electrons. The Morgan fingerprint density at radius 1 is 1.11 bits per heavy atom. The van der Waals surface area contributed by atoms with Crippen LogP contribution in [0.5, 0.6) is 5.75 Å². The predicted octanol–water partition coefficient (Wildman–Crippen LogP) is 5.21. The molecule has 1 aliphatic rings. The van der Waals surface area contributed by atoms with Crippen molar-refractivity contribution in [2.75, 3.05) is 7.11 Å². The van der Waals surface area contributed by atoms with E-state index in [1.54, 1.807) is 12.1 Å². The zero-order valence-corrected chi connectivity index (χ0v) is 17.1. The fourth-order valence-electron chi connectivity index (χ4n) is 3.93. The Bertz CT molecular complexity index is 826. The second-order valence-corrected chi connectivity index (χ2v) is 7.43. The molecule has 1 heterocycles. The molecule has 4 nitrogen and oxygen atoms in total. The molecule has 0 saturated heterocycles. The molecule has 0 fully saturated rings. The Labute approximate surface area is 168 Å². The molecule has 28 heavy (non-hydrogen) atoms. The molecule has 3 rings (SSSR count). The number of carbonyl (C=O) groups is 1. The molecule has 4 heteroatoms. The van der Waals surface area contributed by atoms with Gasteiger partial charge in [0.1, 0.15) is 5.75 Å². The van der Waals surface area contributed by atoms with Gasteiger partial charge in [0.2, 0.25) is 5.91 Å². The predicted molar refractivity (Wildman–Crippen MR) is 114 cm³/mol. The lowest BCUT2D eigenvalue weighted by atomic mass is 9.85. The topological polar surface area (TPSA) is 41.9 Å². The van der Waals surface area contributed by atoms with E-state index in [-0.39, 0.29) is 11.4 Å². The third-order valence-electron chi connectivity index (χ3n) is 5.82. The monoisotopic (exact) mass is 378 g/mol. The van der Waals surface area contributed by atoms with Gasteiger partial charge >= 0.3 is 0 Å². The number of hydrazone groups is 1. The van der Waals surface area contributed by atoms with E-state index in [9.17, 15) is 4.79 Å². The molecule has 1 amide bonds. The lowest BCUT2D eigenvalue weighted by Gasteiger charge is -2.34. The number of carbonyl (C=O) groups excluding carboxylic acids is 1. The standard InChI is InChI=1S/C24H30N2O2/c1-4-24(5-2)18-22(20-14-10-15-21(17-20)28-3)25-26(24)23(27)16-9-13-19-11-7-6-8-12-19/h6-8,10-12,14-15,17H,4-5,9,13,16,18H2,1-3H3. The van der Waals surface area contributed by atoms with Gasteiger partial charge < -0.3 is 4.74 Å². The second-order valence-electron chi connectivity index (χ2n) is 7.43. The highest BCUT2D eigenvalue weighted by Gasteiger charge is 2.43. The van der Waals surface area contributed by atoms with Gasteiger partial charge in [0.25, 0.3) is 0 Å². The number of ether oxygens (including phenoxy) is 1.